The standard InChI is InChI=1S/C6H11ClN2O2S/c7-12(10,11)9-4-3-8-2-1-6(9)5-8/h6H,1-5H2. The van der Waals surface area contributed by atoms with Crippen LogP contribution in [-0.2, 0) is 9.24 Å². The lowest BCUT2D eigenvalue weighted by Gasteiger charge is -2.30. The normalized spacial score (nSPS) is 37.1. The van der Waals surface area contributed by atoms with Crippen LogP contribution in [0, 0.1) is 0 Å². The summed E-state index contributed by atoms with van der Waals surface area (Å²) in [6.45, 7) is 3.23. The molecule has 2 rings (SSSR count). The summed E-state index contributed by atoms with van der Waals surface area (Å²) in [6, 6.07) is 0.126. The van der Waals surface area contributed by atoms with Gasteiger partial charge in [-0.05, 0) is 13.0 Å². The molecule has 2 heterocycles. The first-order chi connectivity index (χ1) is 5.57. The molecule has 0 amide bonds. The molecular formula is C6H11ClN2O2S. The van der Waals surface area contributed by atoms with Crippen LogP contribution in [0.2, 0.25) is 0 Å². The van der Waals surface area contributed by atoms with E-state index in [9.17, 15) is 8.42 Å². The molecule has 2 atom stereocenters. The van der Waals surface area contributed by atoms with Gasteiger partial charge >= 0.3 is 0 Å². The van der Waals surface area contributed by atoms with Crippen LogP contribution in [0.5, 0.6) is 0 Å². The zero-order valence-electron chi connectivity index (χ0n) is 6.61. The van der Waals surface area contributed by atoms with Gasteiger partial charge in [0.1, 0.15) is 0 Å². The van der Waals surface area contributed by atoms with Crippen molar-refractivity contribution in [3.8, 4) is 0 Å². The maximum absolute atomic E-state index is 11.0. The minimum absolute atomic E-state index is 0.126. The first-order valence-electron chi connectivity index (χ1n) is 4.01. The van der Waals surface area contributed by atoms with Gasteiger partial charge in [-0.1, -0.05) is 0 Å². The van der Waals surface area contributed by atoms with Crippen LogP contribution in [0.1, 0.15) is 6.42 Å². The van der Waals surface area contributed by atoms with Crippen molar-refractivity contribution >= 4 is 19.9 Å². The second-order valence-corrected chi connectivity index (χ2v) is 5.76. The van der Waals surface area contributed by atoms with E-state index in [2.05, 4.69) is 4.90 Å². The molecule has 0 aromatic carbocycles. The van der Waals surface area contributed by atoms with Crippen molar-refractivity contribution in [2.75, 3.05) is 26.2 Å². The zero-order valence-corrected chi connectivity index (χ0v) is 8.18. The Labute approximate surface area is 76.6 Å². The minimum Gasteiger partial charge on any atom is -0.300 e. The highest BCUT2D eigenvalue weighted by molar-refractivity contribution is 8.11. The van der Waals surface area contributed by atoms with Crippen LogP contribution < -0.4 is 0 Å². The van der Waals surface area contributed by atoms with Crippen LogP contribution in [0.15, 0.2) is 0 Å². The summed E-state index contributed by atoms with van der Waals surface area (Å²) in [5.41, 5.74) is 0. The van der Waals surface area contributed by atoms with E-state index in [1.807, 2.05) is 0 Å². The van der Waals surface area contributed by atoms with Gasteiger partial charge in [-0.2, -0.15) is 12.7 Å². The highest BCUT2D eigenvalue weighted by atomic mass is 35.7. The average Bonchev–Trinajstić information content (AvgIpc) is 2.30. The topological polar surface area (TPSA) is 40.6 Å². The Bertz CT molecular complexity index is 279. The summed E-state index contributed by atoms with van der Waals surface area (Å²) >= 11 is 0. The summed E-state index contributed by atoms with van der Waals surface area (Å²) in [7, 11) is 1.80. The van der Waals surface area contributed by atoms with Gasteiger partial charge in [0.15, 0.2) is 0 Å². The molecule has 0 aliphatic carbocycles. The fraction of sp³-hybridized carbons (Fsp3) is 1.00. The highest BCUT2D eigenvalue weighted by Crippen LogP contribution is 2.24. The largest absolute Gasteiger partial charge is 0.300 e. The van der Waals surface area contributed by atoms with Gasteiger partial charge in [-0.3, -0.25) is 0 Å². The van der Waals surface area contributed by atoms with Crippen molar-refractivity contribution in [2.45, 2.75) is 12.5 Å². The van der Waals surface area contributed by atoms with Crippen molar-refractivity contribution in [3.63, 3.8) is 0 Å². The first kappa shape index (κ1) is 8.74. The van der Waals surface area contributed by atoms with Crippen LogP contribution in [-0.4, -0.2) is 49.8 Å². The SMILES string of the molecule is O=S(=O)(Cl)N1CCN2CCC1C2. The van der Waals surface area contributed by atoms with E-state index in [1.165, 1.54) is 4.31 Å². The molecule has 2 fully saturated rings. The van der Waals surface area contributed by atoms with Crippen LogP contribution in [0.3, 0.4) is 0 Å². The number of nitrogens with zero attached hydrogens (tertiary/aromatic N) is 2. The number of hydrogen-bond acceptors (Lipinski definition) is 3. The molecule has 0 spiro atoms. The number of hydrogen-bond donors (Lipinski definition) is 0. The molecule has 12 heavy (non-hydrogen) atoms. The van der Waals surface area contributed by atoms with Crippen molar-refractivity contribution in [3.05, 3.63) is 0 Å². The smallest absolute Gasteiger partial charge is 0.300 e. The van der Waals surface area contributed by atoms with Crippen molar-refractivity contribution in [1.82, 2.24) is 9.21 Å². The van der Waals surface area contributed by atoms with Crippen molar-refractivity contribution in [1.29, 1.82) is 0 Å². The van der Waals surface area contributed by atoms with E-state index < -0.39 is 9.24 Å². The Morgan fingerprint density at radius 1 is 1.25 bits per heavy atom. The summed E-state index contributed by atoms with van der Waals surface area (Å²) in [6.07, 6.45) is 0.923. The molecule has 0 aromatic heterocycles. The van der Waals surface area contributed by atoms with Crippen LogP contribution in [0.4, 0.5) is 0 Å². The van der Waals surface area contributed by atoms with E-state index in [1.54, 1.807) is 0 Å². The predicted octanol–water partition coefficient (Wildman–Crippen LogP) is -0.140. The third kappa shape index (κ3) is 1.46. The van der Waals surface area contributed by atoms with E-state index in [-0.39, 0.29) is 6.04 Å². The highest BCUT2D eigenvalue weighted by Gasteiger charge is 2.37. The maximum atomic E-state index is 11.0. The summed E-state index contributed by atoms with van der Waals surface area (Å²) in [5, 5.41) is 0. The lowest BCUT2D eigenvalue weighted by atomic mass is 10.2. The third-order valence-electron chi connectivity index (χ3n) is 2.57. The van der Waals surface area contributed by atoms with E-state index in [0.29, 0.717) is 6.54 Å². The second-order valence-electron chi connectivity index (χ2n) is 3.30. The molecular weight excluding hydrogens is 200 g/mol. The molecule has 4 nitrogen and oxygen atoms in total. The summed E-state index contributed by atoms with van der Waals surface area (Å²) in [4.78, 5) is 2.27. The van der Waals surface area contributed by atoms with E-state index in [4.69, 9.17) is 10.7 Å². The lowest BCUT2D eigenvalue weighted by Crippen LogP contribution is -2.47. The number of fused-ring (bicyclic) bond motifs is 2. The molecule has 6 heteroatoms. The van der Waals surface area contributed by atoms with Crippen LogP contribution in [0.25, 0.3) is 0 Å². The number of halogens is 1. The van der Waals surface area contributed by atoms with Gasteiger partial charge in [0.25, 0.3) is 9.24 Å². The Morgan fingerprint density at radius 3 is 2.67 bits per heavy atom. The Balaban J connectivity index is 2.18. The fourth-order valence-electron chi connectivity index (χ4n) is 1.96. The molecule has 2 unspecified atom stereocenters. The number of rotatable bonds is 1. The van der Waals surface area contributed by atoms with Gasteiger partial charge in [-0.15, -0.1) is 0 Å². The molecule has 0 radical (unpaired) electrons. The van der Waals surface area contributed by atoms with Gasteiger partial charge in [0.2, 0.25) is 0 Å². The van der Waals surface area contributed by atoms with Gasteiger partial charge in [0.05, 0.1) is 0 Å². The Kier molecular flexibility index (Phi) is 2.07. The maximum Gasteiger partial charge on any atom is 0.300 e. The van der Waals surface area contributed by atoms with E-state index in [0.717, 1.165) is 26.1 Å². The predicted molar refractivity (Wildman–Crippen MR) is 46.3 cm³/mol. The van der Waals surface area contributed by atoms with Crippen molar-refractivity contribution < 1.29 is 8.42 Å². The average molecular weight is 211 g/mol. The third-order valence-corrected chi connectivity index (χ3v) is 4.14. The van der Waals surface area contributed by atoms with Gasteiger partial charge in [0, 0.05) is 36.4 Å². The van der Waals surface area contributed by atoms with Gasteiger partial charge < -0.3 is 4.90 Å². The summed E-state index contributed by atoms with van der Waals surface area (Å²) in [5.74, 6) is 0. The number of piperazine rings is 1. The monoisotopic (exact) mass is 210 g/mol. The molecule has 2 aliphatic rings. The quantitative estimate of drug-likeness (QED) is 0.566. The minimum atomic E-state index is -3.48. The molecule has 0 saturated carbocycles. The molecule has 70 valence electrons. The Morgan fingerprint density at radius 2 is 2.00 bits per heavy atom. The molecule has 2 aliphatic heterocycles. The Hall–Kier alpha value is 0.160. The molecule has 2 saturated heterocycles. The molecule has 0 N–H and O–H groups in total. The van der Waals surface area contributed by atoms with Crippen molar-refractivity contribution in [2.24, 2.45) is 0 Å². The first-order valence-corrected chi connectivity index (χ1v) is 6.28. The fourth-order valence-corrected chi connectivity index (χ4v) is 3.33. The molecule has 2 bridgehead atoms. The zero-order chi connectivity index (χ0) is 8.77. The summed E-state index contributed by atoms with van der Waals surface area (Å²) < 4.78 is 23.5. The van der Waals surface area contributed by atoms with E-state index >= 15 is 0 Å². The van der Waals surface area contributed by atoms with Crippen LogP contribution >= 0.6 is 10.7 Å². The second kappa shape index (κ2) is 2.83. The lowest BCUT2D eigenvalue weighted by molar-refractivity contribution is 0.216. The van der Waals surface area contributed by atoms with Gasteiger partial charge in [-0.25, -0.2) is 0 Å². The molecule has 0 aromatic rings.